The second-order valence-electron chi connectivity index (χ2n) is 4.40. The van der Waals surface area contributed by atoms with Gasteiger partial charge in [0.2, 0.25) is 15.9 Å². The molecule has 1 fully saturated rings. The first-order valence-electron chi connectivity index (χ1n) is 6.08. The van der Waals surface area contributed by atoms with E-state index >= 15 is 0 Å². The fourth-order valence-electron chi connectivity index (χ4n) is 2.02. The van der Waals surface area contributed by atoms with Crippen LogP contribution in [-0.4, -0.2) is 43.3 Å². The molecule has 0 unspecified atom stereocenters. The predicted molar refractivity (Wildman–Crippen MR) is 78.7 cm³/mol. The van der Waals surface area contributed by atoms with Gasteiger partial charge in [-0.3, -0.25) is 4.79 Å². The summed E-state index contributed by atoms with van der Waals surface area (Å²) in [6.45, 7) is 0.572. The van der Waals surface area contributed by atoms with Crippen LogP contribution >= 0.6 is 12.2 Å². The second-order valence-corrected chi connectivity index (χ2v) is 6.75. The van der Waals surface area contributed by atoms with Crippen molar-refractivity contribution >= 4 is 33.1 Å². The molecule has 0 spiro atoms. The minimum Gasteiger partial charge on any atom is -0.389 e. The fourth-order valence-corrected chi connectivity index (χ4v) is 3.90. The van der Waals surface area contributed by atoms with Crippen LogP contribution in [-0.2, 0) is 14.8 Å². The van der Waals surface area contributed by atoms with Gasteiger partial charge in [0, 0.05) is 18.7 Å². The minimum absolute atomic E-state index is 0.0171. The molecule has 1 aliphatic heterocycles. The lowest BCUT2D eigenvalue weighted by molar-refractivity contribution is -0.120. The van der Waals surface area contributed by atoms with Gasteiger partial charge in [0.1, 0.15) is 4.99 Å². The van der Waals surface area contributed by atoms with Gasteiger partial charge in [0.25, 0.3) is 0 Å². The quantitative estimate of drug-likeness (QED) is 0.756. The molecule has 108 valence electrons. The Morgan fingerprint density at radius 3 is 2.75 bits per heavy atom. The van der Waals surface area contributed by atoms with E-state index in [0.29, 0.717) is 18.5 Å². The van der Waals surface area contributed by atoms with Crippen molar-refractivity contribution in [3.63, 3.8) is 0 Å². The van der Waals surface area contributed by atoms with Crippen molar-refractivity contribution in [1.29, 1.82) is 0 Å². The standard InChI is InChI=1S/C12H15N3O3S2/c13-12(19)9-4-1-2-5-10(9)20(17,18)15-7-3-6-14-11(16)8-15/h1-2,4-5H,3,6-8H2,(H2,13,19)(H,14,16). The summed E-state index contributed by atoms with van der Waals surface area (Å²) in [5.74, 6) is -0.307. The Morgan fingerprint density at radius 2 is 2.05 bits per heavy atom. The van der Waals surface area contributed by atoms with Crippen LogP contribution in [0.1, 0.15) is 12.0 Å². The van der Waals surface area contributed by atoms with Crippen LogP contribution in [0.2, 0.25) is 0 Å². The van der Waals surface area contributed by atoms with E-state index in [1.807, 2.05) is 0 Å². The number of thiocarbonyl (C=S) groups is 1. The van der Waals surface area contributed by atoms with Crippen molar-refractivity contribution in [2.45, 2.75) is 11.3 Å². The van der Waals surface area contributed by atoms with E-state index in [2.05, 4.69) is 5.32 Å². The van der Waals surface area contributed by atoms with Crippen LogP contribution in [0.25, 0.3) is 0 Å². The highest BCUT2D eigenvalue weighted by Gasteiger charge is 2.30. The summed E-state index contributed by atoms with van der Waals surface area (Å²) >= 11 is 4.89. The summed E-state index contributed by atoms with van der Waals surface area (Å²) in [5.41, 5.74) is 5.87. The molecule has 2 rings (SSSR count). The molecule has 8 heteroatoms. The van der Waals surface area contributed by atoms with Gasteiger partial charge in [-0.25, -0.2) is 8.42 Å². The third-order valence-corrected chi connectivity index (χ3v) is 5.12. The first-order chi connectivity index (χ1) is 9.43. The van der Waals surface area contributed by atoms with Crippen LogP contribution in [0.5, 0.6) is 0 Å². The highest BCUT2D eigenvalue weighted by atomic mass is 32.2. The molecular formula is C12H15N3O3S2. The summed E-state index contributed by atoms with van der Waals surface area (Å²) in [6.07, 6.45) is 0.570. The Bertz CT molecular complexity index is 643. The molecule has 20 heavy (non-hydrogen) atoms. The molecule has 0 aliphatic carbocycles. The topological polar surface area (TPSA) is 92.5 Å². The number of benzene rings is 1. The number of sulfonamides is 1. The Balaban J connectivity index is 2.44. The maximum atomic E-state index is 12.6. The van der Waals surface area contributed by atoms with Gasteiger partial charge >= 0.3 is 0 Å². The number of hydrogen-bond acceptors (Lipinski definition) is 4. The van der Waals surface area contributed by atoms with Gasteiger partial charge < -0.3 is 11.1 Å². The molecule has 0 bridgehead atoms. The van der Waals surface area contributed by atoms with Crippen molar-refractivity contribution in [3.8, 4) is 0 Å². The molecule has 1 aromatic carbocycles. The minimum atomic E-state index is -3.79. The lowest BCUT2D eigenvalue weighted by Crippen LogP contribution is -2.38. The molecule has 3 N–H and O–H groups in total. The van der Waals surface area contributed by atoms with Crippen molar-refractivity contribution in [2.24, 2.45) is 5.73 Å². The summed E-state index contributed by atoms with van der Waals surface area (Å²) in [7, 11) is -3.79. The van der Waals surface area contributed by atoms with E-state index in [9.17, 15) is 13.2 Å². The normalized spacial score (nSPS) is 17.3. The van der Waals surface area contributed by atoms with Crippen LogP contribution in [0.4, 0.5) is 0 Å². The van der Waals surface area contributed by atoms with Crippen molar-refractivity contribution in [2.75, 3.05) is 19.6 Å². The second kappa shape index (κ2) is 5.86. The average molecular weight is 313 g/mol. The zero-order valence-corrected chi connectivity index (χ0v) is 12.3. The molecule has 1 saturated heterocycles. The fraction of sp³-hybridized carbons (Fsp3) is 0.333. The van der Waals surface area contributed by atoms with E-state index in [1.54, 1.807) is 18.2 Å². The highest BCUT2D eigenvalue weighted by molar-refractivity contribution is 7.89. The van der Waals surface area contributed by atoms with Gasteiger partial charge in [-0.15, -0.1) is 0 Å². The molecule has 1 aliphatic rings. The maximum Gasteiger partial charge on any atom is 0.244 e. The maximum absolute atomic E-state index is 12.6. The van der Waals surface area contributed by atoms with E-state index in [0.717, 1.165) is 4.31 Å². The summed E-state index contributed by atoms with van der Waals surface area (Å²) in [6, 6.07) is 6.29. The highest BCUT2D eigenvalue weighted by Crippen LogP contribution is 2.21. The molecule has 1 amide bonds. The number of nitrogens with one attached hydrogen (secondary N) is 1. The molecule has 6 nitrogen and oxygen atoms in total. The number of nitrogens with two attached hydrogens (primary N) is 1. The van der Waals surface area contributed by atoms with Gasteiger partial charge in [-0.05, 0) is 12.5 Å². The molecular weight excluding hydrogens is 298 g/mol. The zero-order valence-electron chi connectivity index (χ0n) is 10.7. The van der Waals surface area contributed by atoms with Gasteiger partial charge in [0.15, 0.2) is 0 Å². The van der Waals surface area contributed by atoms with Crippen LogP contribution in [0.15, 0.2) is 29.2 Å². The lowest BCUT2D eigenvalue weighted by atomic mass is 10.2. The lowest BCUT2D eigenvalue weighted by Gasteiger charge is -2.20. The largest absolute Gasteiger partial charge is 0.389 e. The Hall–Kier alpha value is -1.51. The van der Waals surface area contributed by atoms with Gasteiger partial charge in [-0.1, -0.05) is 30.4 Å². The van der Waals surface area contributed by atoms with Gasteiger partial charge in [0.05, 0.1) is 11.4 Å². The Kier molecular flexibility index (Phi) is 4.36. The number of nitrogens with zero attached hydrogens (tertiary/aromatic N) is 1. The number of carbonyl (C=O) groups excluding carboxylic acids is 1. The van der Waals surface area contributed by atoms with Crippen LogP contribution in [0, 0.1) is 0 Å². The first kappa shape index (κ1) is 14.9. The first-order valence-corrected chi connectivity index (χ1v) is 7.93. The van der Waals surface area contributed by atoms with E-state index in [1.165, 1.54) is 6.07 Å². The van der Waals surface area contributed by atoms with Crippen molar-refractivity contribution in [3.05, 3.63) is 29.8 Å². The molecule has 0 aromatic heterocycles. The number of rotatable bonds is 3. The Labute approximate surface area is 123 Å². The van der Waals surface area contributed by atoms with Gasteiger partial charge in [-0.2, -0.15) is 4.31 Å². The number of amides is 1. The van der Waals surface area contributed by atoms with Crippen molar-refractivity contribution in [1.82, 2.24) is 9.62 Å². The van der Waals surface area contributed by atoms with Crippen LogP contribution in [0.3, 0.4) is 0 Å². The summed E-state index contributed by atoms with van der Waals surface area (Å²) < 4.78 is 26.4. The van der Waals surface area contributed by atoms with E-state index in [4.69, 9.17) is 18.0 Å². The van der Waals surface area contributed by atoms with E-state index in [-0.39, 0.29) is 28.9 Å². The molecule has 1 heterocycles. The SMILES string of the molecule is NC(=S)c1ccccc1S(=O)(=O)N1CCCNC(=O)C1. The third-order valence-electron chi connectivity index (χ3n) is 3.00. The zero-order chi connectivity index (χ0) is 14.8. The summed E-state index contributed by atoms with van der Waals surface area (Å²) in [5, 5.41) is 2.64. The average Bonchev–Trinajstić information content (AvgIpc) is 2.64. The monoisotopic (exact) mass is 313 g/mol. The van der Waals surface area contributed by atoms with Crippen molar-refractivity contribution < 1.29 is 13.2 Å². The molecule has 0 atom stereocenters. The molecule has 1 aromatic rings. The number of hydrogen-bond donors (Lipinski definition) is 2. The number of carbonyl (C=O) groups is 1. The Morgan fingerprint density at radius 1 is 1.35 bits per heavy atom. The third kappa shape index (κ3) is 2.97. The molecule has 0 saturated carbocycles. The van der Waals surface area contributed by atoms with E-state index < -0.39 is 10.0 Å². The molecule has 0 radical (unpaired) electrons. The smallest absolute Gasteiger partial charge is 0.244 e. The van der Waals surface area contributed by atoms with Crippen LogP contribution < -0.4 is 11.1 Å². The summed E-state index contributed by atoms with van der Waals surface area (Å²) in [4.78, 5) is 11.6. The predicted octanol–water partition coefficient (Wildman–Crippen LogP) is -0.169.